The van der Waals surface area contributed by atoms with Crippen molar-refractivity contribution in [1.82, 2.24) is 9.97 Å². The highest BCUT2D eigenvalue weighted by atomic mass is 16.5. The van der Waals surface area contributed by atoms with E-state index < -0.39 is 0 Å². The van der Waals surface area contributed by atoms with Gasteiger partial charge in [-0.3, -0.25) is 0 Å². The Morgan fingerprint density at radius 2 is 1.88 bits per heavy atom. The molecule has 2 aromatic carbocycles. The quantitative estimate of drug-likeness (QED) is 0.777. The van der Waals surface area contributed by atoms with E-state index in [0.29, 0.717) is 31.4 Å². The first-order chi connectivity index (χ1) is 12.2. The minimum absolute atomic E-state index is 0.173. The Hall–Kier alpha value is -3.08. The largest absolute Gasteiger partial charge is 0.504 e. The van der Waals surface area contributed by atoms with Crippen LogP contribution in [0.3, 0.4) is 0 Å². The molecule has 0 bridgehead atoms. The second-order valence-corrected chi connectivity index (χ2v) is 6.12. The molecule has 4 rings (SSSR count). The van der Waals surface area contributed by atoms with Crippen LogP contribution in [0.4, 0.5) is 5.95 Å². The van der Waals surface area contributed by atoms with Crippen molar-refractivity contribution in [3.05, 3.63) is 66.0 Å². The number of anilines is 1. The summed E-state index contributed by atoms with van der Waals surface area (Å²) in [5.74, 6) is 1.39. The number of aryl methyl sites for hydroxylation is 1. The number of phenols is 1. The fourth-order valence-corrected chi connectivity index (χ4v) is 3.18. The number of fused-ring (bicyclic) bond motifs is 1. The molecule has 5 heteroatoms. The fourth-order valence-electron chi connectivity index (χ4n) is 3.18. The van der Waals surface area contributed by atoms with Crippen molar-refractivity contribution in [1.29, 1.82) is 0 Å². The van der Waals surface area contributed by atoms with E-state index in [4.69, 9.17) is 4.74 Å². The van der Waals surface area contributed by atoms with Gasteiger partial charge in [0.1, 0.15) is 6.61 Å². The molecule has 0 radical (unpaired) electrons. The van der Waals surface area contributed by atoms with Crippen molar-refractivity contribution in [2.24, 2.45) is 0 Å². The molecule has 0 amide bonds. The number of phenolic OH excluding ortho intramolecular Hbond substituents is 1. The number of nitrogens with zero attached hydrogens (tertiary/aromatic N) is 3. The Labute approximate surface area is 146 Å². The lowest BCUT2D eigenvalue weighted by molar-refractivity contribution is 0.311. The standard InChI is InChI=1S/C20H19N3O2/c1-14-5-2-3-6-17(14)15-11-16-13-23(20-21-7-4-8-22-20)9-10-25-19(16)18(24)12-15/h2-8,11-12,24H,9-10,13H2,1H3. The summed E-state index contributed by atoms with van der Waals surface area (Å²) < 4.78 is 5.80. The van der Waals surface area contributed by atoms with Crippen molar-refractivity contribution in [2.75, 3.05) is 18.1 Å². The Morgan fingerprint density at radius 3 is 2.68 bits per heavy atom. The third-order valence-corrected chi connectivity index (χ3v) is 4.41. The number of aromatic nitrogens is 2. The van der Waals surface area contributed by atoms with Gasteiger partial charge in [0.2, 0.25) is 5.95 Å². The number of hydrogen-bond donors (Lipinski definition) is 1. The molecule has 25 heavy (non-hydrogen) atoms. The minimum Gasteiger partial charge on any atom is -0.504 e. The first-order valence-corrected chi connectivity index (χ1v) is 8.29. The molecule has 1 aliphatic heterocycles. The molecule has 1 aliphatic rings. The maximum atomic E-state index is 10.5. The van der Waals surface area contributed by atoms with Gasteiger partial charge in [-0.15, -0.1) is 0 Å². The normalized spacial score (nSPS) is 13.7. The van der Waals surface area contributed by atoms with E-state index in [2.05, 4.69) is 40.0 Å². The van der Waals surface area contributed by atoms with Gasteiger partial charge in [-0.05, 0) is 41.8 Å². The highest BCUT2D eigenvalue weighted by molar-refractivity contribution is 5.72. The van der Waals surface area contributed by atoms with Gasteiger partial charge in [0.15, 0.2) is 11.5 Å². The Bertz CT molecular complexity index is 897. The molecule has 1 N–H and O–H groups in total. The molecule has 0 spiro atoms. The zero-order valence-electron chi connectivity index (χ0n) is 14.0. The van der Waals surface area contributed by atoms with Crippen molar-refractivity contribution >= 4 is 5.95 Å². The maximum absolute atomic E-state index is 10.5. The van der Waals surface area contributed by atoms with E-state index in [1.54, 1.807) is 24.5 Å². The van der Waals surface area contributed by atoms with Gasteiger partial charge < -0.3 is 14.7 Å². The molecule has 126 valence electrons. The van der Waals surface area contributed by atoms with Crippen molar-refractivity contribution in [2.45, 2.75) is 13.5 Å². The number of benzene rings is 2. The topological polar surface area (TPSA) is 58.5 Å². The molecule has 3 aromatic rings. The third-order valence-electron chi connectivity index (χ3n) is 4.41. The van der Waals surface area contributed by atoms with E-state index in [-0.39, 0.29) is 5.75 Å². The van der Waals surface area contributed by atoms with Gasteiger partial charge in [-0.25, -0.2) is 9.97 Å². The van der Waals surface area contributed by atoms with Gasteiger partial charge in [0.25, 0.3) is 0 Å². The summed E-state index contributed by atoms with van der Waals surface area (Å²) in [5.41, 5.74) is 4.18. The molecule has 0 aliphatic carbocycles. The average molecular weight is 333 g/mol. The van der Waals surface area contributed by atoms with Crippen LogP contribution >= 0.6 is 0 Å². The molecule has 5 nitrogen and oxygen atoms in total. The molecule has 2 heterocycles. The lowest BCUT2D eigenvalue weighted by Gasteiger charge is -2.19. The number of hydrogen-bond acceptors (Lipinski definition) is 5. The number of rotatable bonds is 2. The number of aromatic hydroxyl groups is 1. The molecule has 0 atom stereocenters. The molecule has 0 saturated carbocycles. The lowest BCUT2D eigenvalue weighted by atomic mass is 9.98. The van der Waals surface area contributed by atoms with E-state index in [0.717, 1.165) is 16.7 Å². The van der Waals surface area contributed by atoms with Crippen LogP contribution < -0.4 is 9.64 Å². The minimum atomic E-state index is 0.173. The lowest BCUT2D eigenvalue weighted by Crippen LogP contribution is -2.26. The first kappa shape index (κ1) is 15.4. The molecule has 1 aromatic heterocycles. The molecule has 0 unspecified atom stereocenters. The maximum Gasteiger partial charge on any atom is 0.225 e. The fraction of sp³-hybridized carbons (Fsp3) is 0.200. The molecule has 0 fully saturated rings. The van der Waals surface area contributed by atoms with E-state index in [1.165, 1.54) is 5.56 Å². The summed E-state index contributed by atoms with van der Waals surface area (Å²) in [7, 11) is 0. The number of ether oxygens (including phenoxy) is 1. The van der Waals surface area contributed by atoms with Crippen LogP contribution in [-0.2, 0) is 6.54 Å². The third kappa shape index (κ3) is 3.01. The molecule has 0 saturated heterocycles. The summed E-state index contributed by atoms with van der Waals surface area (Å²) in [6.07, 6.45) is 3.46. The Balaban J connectivity index is 1.76. The Kier molecular flexibility index (Phi) is 3.98. The zero-order valence-corrected chi connectivity index (χ0v) is 14.0. The van der Waals surface area contributed by atoms with Gasteiger partial charge in [0, 0.05) is 24.5 Å². The summed E-state index contributed by atoms with van der Waals surface area (Å²) >= 11 is 0. The summed E-state index contributed by atoms with van der Waals surface area (Å²) in [4.78, 5) is 10.7. The molecular weight excluding hydrogens is 314 g/mol. The highest BCUT2D eigenvalue weighted by Gasteiger charge is 2.21. The summed E-state index contributed by atoms with van der Waals surface area (Å²) in [5, 5.41) is 10.5. The van der Waals surface area contributed by atoms with E-state index >= 15 is 0 Å². The second-order valence-electron chi connectivity index (χ2n) is 6.12. The van der Waals surface area contributed by atoms with E-state index in [1.807, 2.05) is 12.1 Å². The van der Waals surface area contributed by atoms with Crippen LogP contribution in [0.2, 0.25) is 0 Å². The smallest absolute Gasteiger partial charge is 0.225 e. The van der Waals surface area contributed by atoms with Gasteiger partial charge in [-0.1, -0.05) is 24.3 Å². The first-order valence-electron chi connectivity index (χ1n) is 8.29. The van der Waals surface area contributed by atoms with Crippen molar-refractivity contribution in [3.63, 3.8) is 0 Å². The van der Waals surface area contributed by atoms with Crippen molar-refractivity contribution in [3.8, 4) is 22.6 Å². The van der Waals surface area contributed by atoms with Crippen LogP contribution in [0.15, 0.2) is 54.9 Å². The van der Waals surface area contributed by atoms with Gasteiger partial charge >= 0.3 is 0 Å². The van der Waals surface area contributed by atoms with Crippen LogP contribution in [-0.4, -0.2) is 28.2 Å². The van der Waals surface area contributed by atoms with E-state index in [9.17, 15) is 5.11 Å². The van der Waals surface area contributed by atoms with Crippen LogP contribution in [0.1, 0.15) is 11.1 Å². The monoisotopic (exact) mass is 333 g/mol. The second kappa shape index (κ2) is 6.43. The SMILES string of the molecule is Cc1ccccc1-c1cc(O)c2c(c1)CN(c1ncccn1)CCO2. The predicted octanol–water partition coefficient (Wildman–Crippen LogP) is 3.56. The summed E-state index contributed by atoms with van der Waals surface area (Å²) in [6, 6.07) is 13.8. The van der Waals surface area contributed by atoms with Crippen LogP contribution in [0, 0.1) is 6.92 Å². The zero-order chi connectivity index (χ0) is 17.2. The van der Waals surface area contributed by atoms with Crippen LogP contribution in [0.25, 0.3) is 11.1 Å². The summed E-state index contributed by atoms with van der Waals surface area (Å²) in [6.45, 7) is 3.80. The van der Waals surface area contributed by atoms with Crippen LogP contribution in [0.5, 0.6) is 11.5 Å². The highest BCUT2D eigenvalue weighted by Crippen LogP contribution is 2.38. The molecular formula is C20H19N3O2. The average Bonchev–Trinajstić information content (AvgIpc) is 2.86. The van der Waals surface area contributed by atoms with Crippen molar-refractivity contribution < 1.29 is 9.84 Å². The Morgan fingerprint density at radius 1 is 1.08 bits per heavy atom. The predicted molar refractivity (Wildman–Crippen MR) is 96.9 cm³/mol. The van der Waals surface area contributed by atoms with Gasteiger partial charge in [-0.2, -0.15) is 0 Å². The van der Waals surface area contributed by atoms with Gasteiger partial charge in [0.05, 0.1) is 6.54 Å².